The zero-order valence-electron chi connectivity index (χ0n) is 6.02. The predicted octanol–water partition coefficient (Wildman–Crippen LogP) is -0.925. The largest absolute Gasteiger partial charge is 2.00 e. The van der Waals surface area contributed by atoms with E-state index < -0.39 is 7.82 Å². The van der Waals surface area contributed by atoms with Gasteiger partial charge in [0.1, 0.15) is 0 Å². The molecular weight excluding hydrogens is 317 g/mol. The summed E-state index contributed by atoms with van der Waals surface area (Å²) < 4.78 is 8.88. The van der Waals surface area contributed by atoms with Gasteiger partial charge in [0.25, 0.3) is 0 Å². The standard InChI is InChI=1S/Mg.H3N.H3O4P.W.2H/c;;1-5(2,3)4;;;/h;1H3;(H3,1,2,3,4);;;/q+2;;;;2*-1. The molecule has 0 saturated carbocycles. The number of hydrogen-bond donors (Lipinski definition) is 4. The Morgan fingerprint density at radius 2 is 1.25 bits per heavy atom. The summed E-state index contributed by atoms with van der Waals surface area (Å²) in [6.45, 7) is 0. The molecule has 0 fully saturated rings. The van der Waals surface area contributed by atoms with Gasteiger partial charge in [0, 0.05) is 21.1 Å². The van der Waals surface area contributed by atoms with Crippen molar-refractivity contribution >= 4 is 30.9 Å². The SMILES string of the molecule is N.O=P(O)(O)O.[H-].[H-].[Mg+2].[W]. The Hall–Kier alpha value is 1.52. The molecule has 0 aliphatic carbocycles. The Bertz CT molecular complexity index is 69.4. The summed E-state index contributed by atoms with van der Waals surface area (Å²) in [6, 6.07) is 0. The van der Waals surface area contributed by atoms with Gasteiger partial charge in [-0.15, -0.1) is 0 Å². The van der Waals surface area contributed by atoms with E-state index in [1.807, 2.05) is 0 Å². The molecule has 0 saturated heterocycles. The molecule has 0 radical (unpaired) electrons. The maximum Gasteiger partial charge on any atom is 2.00 e. The van der Waals surface area contributed by atoms with Crippen molar-refractivity contribution in [1.82, 2.24) is 6.15 Å². The third-order valence-electron chi connectivity index (χ3n) is 0. The van der Waals surface area contributed by atoms with Gasteiger partial charge in [-0.05, 0) is 0 Å². The molecule has 0 heterocycles. The van der Waals surface area contributed by atoms with E-state index in [1.54, 1.807) is 0 Å². The number of hydrogen-bond acceptors (Lipinski definition) is 2. The van der Waals surface area contributed by atoms with Crippen LogP contribution in [0.5, 0.6) is 0 Å². The topological polar surface area (TPSA) is 113 Å². The molecule has 0 spiro atoms. The molecule has 8 heavy (non-hydrogen) atoms. The fourth-order valence-corrected chi connectivity index (χ4v) is 0. The van der Waals surface area contributed by atoms with Crippen LogP contribution in [0.3, 0.4) is 0 Å². The summed E-state index contributed by atoms with van der Waals surface area (Å²) in [6.07, 6.45) is 0. The zero-order chi connectivity index (χ0) is 4.50. The smallest absolute Gasteiger partial charge is 1.00 e. The van der Waals surface area contributed by atoms with Gasteiger partial charge < -0.3 is 23.7 Å². The van der Waals surface area contributed by atoms with Crippen LogP contribution in [-0.4, -0.2) is 37.7 Å². The normalized spacial score (nSPS) is 7.38. The van der Waals surface area contributed by atoms with Crippen LogP contribution in [0.15, 0.2) is 0 Å². The van der Waals surface area contributed by atoms with Crippen molar-refractivity contribution in [3.8, 4) is 0 Å². The molecule has 0 atom stereocenters. The first-order valence-electron chi connectivity index (χ1n) is 0.783. The van der Waals surface area contributed by atoms with Crippen molar-refractivity contribution < 1.29 is 43.2 Å². The van der Waals surface area contributed by atoms with E-state index in [9.17, 15) is 0 Å². The van der Waals surface area contributed by atoms with Gasteiger partial charge in [0.05, 0.1) is 0 Å². The van der Waals surface area contributed by atoms with E-state index in [0.29, 0.717) is 0 Å². The minimum absolute atomic E-state index is 0. The first kappa shape index (κ1) is 22.7. The molecule has 0 rings (SSSR count). The van der Waals surface area contributed by atoms with E-state index in [1.165, 1.54) is 0 Å². The van der Waals surface area contributed by atoms with Gasteiger partial charge in [-0.3, -0.25) is 0 Å². The average Bonchev–Trinajstić information content (AvgIpc) is 0.722. The van der Waals surface area contributed by atoms with Gasteiger partial charge in [-0.25, -0.2) is 4.57 Å². The van der Waals surface area contributed by atoms with Crippen LogP contribution in [0.2, 0.25) is 0 Å². The molecule has 0 aromatic heterocycles. The molecular formula is H8MgNO4PW. The molecule has 0 bridgehead atoms. The molecule has 5 nitrogen and oxygen atoms in total. The van der Waals surface area contributed by atoms with Crippen LogP contribution in [-0.2, 0) is 25.6 Å². The summed E-state index contributed by atoms with van der Waals surface area (Å²) in [4.78, 5) is 21.6. The monoisotopic (exact) mass is 325 g/mol. The van der Waals surface area contributed by atoms with Gasteiger partial charge in [-0.1, -0.05) is 0 Å². The third kappa shape index (κ3) is 138. The molecule has 0 aliphatic rings. The summed E-state index contributed by atoms with van der Waals surface area (Å²) in [5, 5.41) is 0. The Morgan fingerprint density at radius 3 is 1.25 bits per heavy atom. The third-order valence-corrected chi connectivity index (χ3v) is 0. The van der Waals surface area contributed by atoms with Crippen LogP contribution in [0.4, 0.5) is 0 Å². The average molecular weight is 325 g/mol. The Labute approximate surface area is 80.1 Å². The minimum Gasteiger partial charge on any atom is -1.00 e. The first-order chi connectivity index (χ1) is 2.00. The van der Waals surface area contributed by atoms with Crippen molar-refractivity contribution in [2.24, 2.45) is 0 Å². The van der Waals surface area contributed by atoms with E-state index >= 15 is 0 Å². The van der Waals surface area contributed by atoms with Gasteiger partial charge >= 0.3 is 30.9 Å². The maximum atomic E-state index is 8.88. The molecule has 0 aromatic rings. The van der Waals surface area contributed by atoms with Crippen LogP contribution in [0.1, 0.15) is 2.85 Å². The van der Waals surface area contributed by atoms with Crippen molar-refractivity contribution in [3.63, 3.8) is 0 Å². The number of phosphoric acid groups is 1. The fourth-order valence-electron chi connectivity index (χ4n) is 0. The minimum atomic E-state index is -4.64. The first-order valence-corrected chi connectivity index (χ1v) is 2.35. The van der Waals surface area contributed by atoms with Crippen LogP contribution >= 0.6 is 7.82 Å². The van der Waals surface area contributed by atoms with Gasteiger partial charge in [0.15, 0.2) is 0 Å². The summed E-state index contributed by atoms with van der Waals surface area (Å²) in [5.41, 5.74) is 0. The van der Waals surface area contributed by atoms with Crippen molar-refractivity contribution in [2.75, 3.05) is 0 Å². The fraction of sp³-hybridized carbons (Fsp3) is 0. The van der Waals surface area contributed by atoms with Crippen LogP contribution in [0, 0.1) is 0 Å². The molecule has 0 amide bonds. The second kappa shape index (κ2) is 8.52. The maximum absolute atomic E-state index is 8.88. The summed E-state index contributed by atoms with van der Waals surface area (Å²) in [5.74, 6) is 0. The Kier molecular flexibility index (Phi) is 24.2. The second-order valence-corrected chi connectivity index (χ2v) is 1.54. The molecule has 50 valence electrons. The van der Waals surface area contributed by atoms with Gasteiger partial charge in [-0.2, -0.15) is 0 Å². The quantitative estimate of drug-likeness (QED) is 0.340. The molecule has 0 aliphatic heterocycles. The Balaban J connectivity index is -0.00000000800. The molecule has 0 unspecified atom stereocenters. The number of rotatable bonds is 0. The zero-order valence-corrected chi connectivity index (χ0v) is 9.26. The van der Waals surface area contributed by atoms with E-state index in [-0.39, 0.29) is 53.1 Å². The molecule has 8 heteroatoms. The Morgan fingerprint density at radius 1 is 1.25 bits per heavy atom. The molecule has 0 aromatic carbocycles. The summed E-state index contributed by atoms with van der Waals surface area (Å²) in [7, 11) is -4.64. The van der Waals surface area contributed by atoms with E-state index in [4.69, 9.17) is 19.2 Å². The summed E-state index contributed by atoms with van der Waals surface area (Å²) >= 11 is 0. The predicted molar refractivity (Wildman–Crippen MR) is 27.3 cm³/mol. The van der Waals surface area contributed by atoms with E-state index in [2.05, 4.69) is 0 Å². The van der Waals surface area contributed by atoms with Crippen molar-refractivity contribution in [2.45, 2.75) is 0 Å². The van der Waals surface area contributed by atoms with E-state index in [0.717, 1.165) is 0 Å². The van der Waals surface area contributed by atoms with Crippen LogP contribution in [0.25, 0.3) is 0 Å². The van der Waals surface area contributed by atoms with Gasteiger partial charge in [0.2, 0.25) is 0 Å². The molecule has 6 N–H and O–H groups in total. The van der Waals surface area contributed by atoms with Crippen molar-refractivity contribution in [1.29, 1.82) is 0 Å². The van der Waals surface area contributed by atoms with Crippen LogP contribution < -0.4 is 6.15 Å². The second-order valence-electron chi connectivity index (χ2n) is 0.513. The van der Waals surface area contributed by atoms with Crippen molar-refractivity contribution in [3.05, 3.63) is 0 Å².